The van der Waals surface area contributed by atoms with Crippen LogP contribution < -0.4 is 38.1 Å². The van der Waals surface area contributed by atoms with Gasteiger partial charge in [0.15, 0.2) is 5.78 Å². The fourth-order valence-corrected chi connectivity index (χ4v) is 6.97. The van der Waals surface area contributed by atoms with E-state index in [1.54, 1.807) is 48.5 Å². The first-order valence-electron chi connectivity index (χ1n) is 19.4. The van der Waals surface area contributed by atoms with Crippen LogP contribution in [-0.2, 0) is 35.2 Å². The summed E-state index contributed by atoms with van der Waals surface area (Å²) in [4.78, 5) is 92.4. The Morgan fingerprint density at radius 2 is 1.25 bits per heavy atom. The van der Waals surface area contributed by atoms with Gasteiger partial charge in [0.2, 0.25) is 35.4 Å². The van der Waals surface area contributed by atoms with E-state index in [9.17, 15) is 33.6 Å². The fourth-order valence-electron chi connectivity index (χ4n) is 6.97. The minimum atomic E-state index is -1.05. The predicted molar refractivity (Wildman–Crippen MR) is 207 cm³/mol. The molecule has 1 fully saturated rings. The third kappa shape index (κ3) is 14.1. The molecule has 0 radical (unpaired) electrons. The maximum absolute atomic E-state index is 14.2. The summed E-state index contributed by atoms with van der Waals surface area (Å²) in [5.41, 5.74) is 12.9. The van der Waals surface area contributed by atoms with Crippen LogP contribution in [0, 0.1) is 5.92 Å². The third-order valence-electron chi connectivity index (χ3n) is 10.1. The summed E-state index contributed by atoms with van der Waals surface area (Å²) in [5, 5.41) is 13.8. The molecule has 2 unspecified atom stereocenters. The number of nitrogens with two attached hydrogens (primary N) is 2. The number of carbonyl (C=O) groups excluding carboxylic acids is 7. The van der Waals surface area contributed by atoms with Gasteiger partial charge < -0.3 is 38.1 Å². The van der Waals surface area contributed by atoms with Crippen LogP contribution in [-0.4, -0.2) is 78.5 Å². The Balaban J connectivity index is 1.61. The summed E-state index contributed by atoms with van der Waals surface area (Å²) >= 11 is 0. The van der Waals surface area contributed by atoms with Crippen molar-refractivity contribution in [3.63, 3.8) is 0 Å². The molecule has 14 nitrogen and oxygen atoms in total. The summed E-state index contributed by atoms with van der Waals surface area (Å²) < 4.78 is 0. The molecule has 0 aromatic heterocycles. The molecule has 1 saturated carbocycles. The van der Waals surface area contributed by atoms with Crippen molar-refractivity contribution < 1.29 is 33.6 Å². The first kappa shape index (κ1) is 42.4. The summed E-state index contributed by atoms with van der Waals surface area (Å²) in [6.45, 7) is 0.591. The van der Waals surface area contributed by atoms with E-state index in [0.29, 0.717) is 55.3 Å². The number of carbonyl (C=O) groups is 7. The van der Waals surface area contributed by atoms with Crippen molar-refractivity contribution in [3.05, 3.63) is 83.4 Å². The summed E-state index contributed by atoms with van der Waals surface area (Å²) in [5.74, 6) is -3.71. The molecule has 2 aromatic carbocycles. The molecule has 1 heterocycles. The van der Waals surface area contributed by atoms with E-state index in [4.69, 9.17) is 11.5 Å². The second-order valence-electron chi connectivity index (χ2n) is 14.4. The number of rotatable bonds is 11. The first-order valence-corrected chi connectivity index (χ1v) is 19.4. The maximum Gasteiger partial charge on any atom is 0.244 e. The quantitative estimate of drug-likeness (QED) is 0.132. The van der Waals surface area contributed by atoms with E-state index >= 15 is 0 Å². The van der Waals surface area contributed by atoms with Crippen molar-refractivity contribution in [2.24, 2.45) is 17.4 Å². The lowest BCUT2D eigenvalue weighted by Crippen LogP contribution is -2.57. The van der Waals surface area contributed by atoms with Crippen LogP contribution in [0.3, 0.4) is 0 Å². The molecule has 1 aliphatic carbocycles. The van der Waals surface area contributed by atoms with Crippen LogP contribution in [0.25, 0.3) is 0 Å². The molecule has 0 spiro atoms. The molecule has 0 bridgehead atoms. The van der Waals surface area contributed by atoms with E-state index in [1.807, 2.05) is 6.07 Å². The van der Waals surface area contributed by atoms with Gasteiger partial charge >= 0.3 is 0 Å². The number of amides is 6. The molecule has 6 amide bonds. The minimum absolute atomic E-state index is 0.0986. The molecular formula is C41H55N7O7. The topological polar surface area (TPSA) is 232 Å². The zero-order valence-electron chi connectivity index (χ0n) is 31.4. The average molecular weight is 758 g/mol. The highest BCUT2D eigenvalue weighted by Crippen LogP contribution is 2.27. The van der Waals surface area contributed by atoms with Gasteiger partial charge in [-0.1, -0.05) is 86.7 Å². The number of benzene rings is 2. The van der Waals surface area contributed by atoms with Gasteiger partial charge in [-0.05, 0) is 63.0 Å². The number of unbranched alkanes of at least 4 members (excludes halogenated alkanes) is 1. The molecule has 2 aliphatic rings. The Labute approximate surface area is 322 Å². The highest BCUT2D eigenvalue weighted by molar-refractivity contribution is 6.09. The van der Waals surface area contributed by atoms with Crippen molar-refractivity contribution in [1.82, 2.24) is 26.6 Å². The predicted octanol–water partition coefficient (Wildman–Crippen LogP) is 1.84. The Bertz CT molecular complexity index is 1660. The van der Waals surface area contributed by atoms with Gasteiger partial charge in [-0.15, -0.1) is 0 Å². The zero-order valence-corrected chi connectivity index (χ0v) is 31.4. The first-order chi connectivity index (χ1) is 26.5. The summed E-state index contributed by atoms with van der Waals surface area (Å²) in [7, 11) is 0. The second kappa shape index (κ2) is 22.1. The molecule has 55 heavy (non-hydrogen) atoms. The highest BCUT2D eigenvalue weighted by atomic mass is 16.2. The molecule has 1 aliphatic heterocycles. The average Bonchev–Trinajstić information content (AvgIpc) is 3.18. The lowest BCUT2D eigenvalue weighted by molar-refractivity contribution is -0.133. The van der Waals surface area contributed by atoms with Crippen molar-refractivity contribution in [3.8, 4) is 0 Å². The van der Waals surface area contributed by atoms with Crippen LogP contribution in [0.2, 0.25) is 0 Å². The van der Waals surface area contributed by atoms with Gasteiger partial charge in [-0.2, -0.15) is 0 Å². The van der Waals surface area contributed by atoms with Crippen molar-refractivity contribution in [1.29, 1.82) is 0 Å². The summed E-state index contributed by atoms with van der Waals surface area (Å²) in [6.07, 6.45) is 9.70. The number of nitrogens with one attached hydrogen (secondary N) is 5. The van der Waals surface area contributed by atoms with Gasteiger partial charge in [0.05, 0.1) is 0 Å². The van der Waals surface area contributed by atoms with Crippen molar-refractivity contribution >= 4 is 41.2 Å². The molecule has 14 heteroatoms. The van der Waals surface area contributed by atoms with Gasteiger partial charge in [0.1, 0.15) is 24.2 Å². The Morgan fingerprint density at radius 1 is 0.636 bits per heavy atom. The van der Waals surface area contributed by atoms with E-state index < -0.39 is 59.6 Å². The lowest BCUT2D eigenvalue weighted by atomic mass is 9.84. The van der Waals surface area contributed by atoms with Gasteiger partial charge in [-0.3, -0.25) is 33.6 Å². The van der Waals surface area contributed by atoms with E-state index in [0.717, 1.165) is 44.3 Å². The van der Waals surface area contributed by atoms with Gasteiger partial charge in [0, 0.05) is 36.2 Å². The Hall–Kier alpha value is -5.37. The zero-order chi connectivity index (χ0) is 39.6. The molecule has 4 atom stereocenters. The van der Waals surface area contributed by atoms with Gasteiger partial charge in [-0.25, -0.2) is 0 Å². The molecule has 296 valence electrons. The summed E-state index contributed by atoms with van der Waals surface area (Å²) in [6, 6.07) is 11.7. The van der Waals surface area contributed by atoms with Crippen LogP contribution in [0.15, 0.2) is 66.7 Å². The largest absolute Gasteiger partial charge is 0.368 e. The van der Waals surface area contributed by atoms with E-state index in [-0.39, 0.29) is 37.5 Å². The highest BCUT2D eigenvalue weighted by Gasteiger charge is 2.32. The molecule has 2 aromatic rings. The number of hydrogen-bond donors (Lipinski definition) is 7. The molecule has 4 rings (SSSR count). The van der Waals surface area contributed by atoms with Crippen LogP contribution in [0.5, 0.6) is 0 Å². The smallest absolute Gasteiger partial charge is 0.244 e. The number of primary amides is 1. The van der Waals surface area contributed by atoms with Crippen LogP contribution >= 0.6 is 0 Å². The monoisotopic (exact) mass is 757 g/mol. The minimum Gasteiger partial charge on any atom is -0.368 e. The Kier molecular flexibility index (Phi) is 17.0. The van der Waals surface area contributed by atoms with Gasteiger partial charge in [0.25, 0.3) is 0 Å². The SMILES string of the molecule is NCCCC[C@@H]1NC(=O)/C=C/C(=O)N[C@H](C(N)=O)CCCCNC(=O)C(Cc2ccc(C(=O)c3ccccc3)cc2)NC(=O)C(CC2CCCCC2)NC1=O. The van der Waals surface area contributed by atoms with E-state index in [2.05, 4.69) is 26.6 Å². The fraction of sp³-hybridized carbons (Fsp3) is 0.488. The normalized spacial score (nSPS) is 23.3. The molecule has 9 N–H and O–H groups in total. The van der Waals surface area contributed by atoms with Crippen LogP contribution in [0.4, 0.5) is 0 Å². The Morgan fingerprint density at radius 3 is 1.93 bits per heavy atom. The lowest BCUT2D eigenvalue weighted by Gasteiger charge is -2.29. The van der Waals surface area contributed by atoms with Crippen LogP contribution in [0.1, 0.15) is 98.5 Å². The maximum atomic E-state index is 14.2. The van der Waals surface area contributed by atoms with Crippen molar-refractivity contribution in [2.75, 3.05) is 13.1 Å². The number of hydrogen-bond acceptors (Lipinski definition) is 8. The van der Waals surface area contributed by atoms with E-state index in [1.165, 1.54) is 0 Å². The molecule has 0 saturated heterocycles. The number of ketones is 1. The second-order valence-corrected chi connectivity index (χ2v) is 14.4. The third-order valence-corrected chi connectivity index (χ3v) is 10.1. The standard InChI is InChI=1S/C41H55N7O7/c42-23-9-7-16-32-40(54)48-34(25-27-11-3-1-4-12-27)41(55)47-33(26-28-17-19-30(20-18-28)37(51)29-13-5-2-6-14-29)39(53)44-24-10-8-15-31(38(43)52)45-35(49)21-22-36(50)46-32/h2,5-6,13-14,17-22,27,31-34H,1,3-4,7-12,15-16,23-26,42H2,(H2,43,52)(H,44,53)(H,45,49)(H,46,50)(H,47,55)(H,48,54)/b22-21+/t31-,32-,33?,34?/m0/s1. The molecular weight excluding hydrogens is 702 g/mol. The van der Waals surface area contributed by atoms with Crippen molar-refractivity contribution in [2.45, 2.75) is 108 Å².